The third-order valence-electron chi connectivity index (χ3n) is 6.46. The van der Waals surface area contributed by atoms with Crippen LogP contribution < -0.4 is 10.6 Å². The fraction of sp³-hybridized carbons (Fsp3) is 0.370. The van der Waals surface area contributed by atoms with Crippen molar-refractivity contribution in [2.75, 3.05) is 6.54 Å². The van der Waals surface area contributed by atoms with E-state index in [-0.39, 0.29) is 19.0 Å². The molecule has 8 heteroatoms. The van der Waals surface area contributed by atoms with Gasteiger partial charge in [-0.15, -0.1) is 11.3 Å². The fourth-order valence-electron chi connectivity index (χ4n) is 4.63. The van der Waals surface area contributed by atoms with Crippen molar-refractivity contribution in [1.82, 2.24) is 10.6 Å². The van der Waals surface area contributed by atoms with Gasteiger partial charge in [0.2, 0.25) is 0 Å². The average Bonchev–Trinajstić information content (AvgIpc) is 3.27. The van der Waals surface area contributed by atoms with Gasteiger partial charge in [0.1, 0.15) is 11.6 Å². The molecular formula is C27H29ClF2N2O2S. The van der Waals surface area contributed by atoms with E-state index < -0.39 is 29.7 Å². The maximum atomic E-state index is 13.8. The van der Waals surface area contributed by atoms with E-state index in [0.717, 1.165) is 43.1 Å². The van der Waals surface area contributed by atoms with Crippen LogP contribution in [0.3, 0.4) is 0 Å². The molecule has 1 aromatic heterocycles. The standard InChI is InChI=1S/C27H29ClF2N2O2S/c1-2-16-6-7-18-4-3-5-22(21(18)12-16)31-15-24(33)23(13-17-10-19(29)14-20(30)11-17)32-27(34)25-8-9-26(28)35-25/h6-12,14,22-24,31,33H,2-5,13,15H2,1H3,(H,32,34). The number of nitrogens with one attached hydrogen (secondary N) is 2. The minimum Gasteiger partial charge on any atom is -0.390 e. The Labute approximate surface area is 213 Å². The smallest absolute Gasteiger partial charge is 0.261 e. The van der Waals surface area contributed by atoms with Gasteiger partial charge in [-0.3, -0.25) is 4.79 Å². The predicted molar refractivity (Wildman–Crippen MR) is 136 cm³/mol. The van der Waals surface area contributed by atoms with Gasteiger partial charge < -0.3 is 15.7 Å². The highest BCUT2D eigenvalue weighted by atomic mass is 35.5. The van der Waals surface area contributed by atoms with Crippen molar-refractivity contribution in [3.63, 3.8) is 0 Å². The van der Waals surface area contributed by atoms with E-state index in [1.54, 1.807) is 12.1 Å². The first kappa shape index (κ1) is 25.8. The summed E-state index contributed by atoms with van der Waals surface area (Å²) in [6.07, 6.45) is 3.08. The highest BCUT2D eigenvalue weighted by molar-refractivity contribution is 7.18. The van der Waals surface area contributed by atoms with Crippen LogP contribution in [0.15, 0.2) is 48.5 Å². The SMILES string of the molecule is CCc1ccc2c(c1)C(NCC(O)C(Cc1cc(F)cc(F)c1)NC(=O)c1ccc(Cl)s1)CCC2. The molecule has 0 saturated heterocycles. The average molecular weight is 519 g/mol. The number of amides is 1. The summed E-state index contributed by atoms with van der Waals surface area (Å²) in [7, 11) is 0. The number of halogens is 3. The Morgan fingerprint density at radius 1 is 1.14 bits per heavy atom. The van der Waals surface area contributed by atoms with Crippen LogP contribution in [0.2, 0.25) is 4.34 Å². The zero-order chi connectivity index (χ0) is 24.9. The Balaban J connectivity index is 1.50. The highest BCUT2D eigenvalue weighted by Gasteiger charge is 2.26. The number of hydrogen-bond donors (Lipinski definition) is 3. The van der Waals surface area contributed by atoms with Crippen LogP contribution in [-0.4, -0.2) is 29.7 Å². The minimum atomic E-state index is -0.986. The summed E-state index contributed by atoms with van der Waals surface area (Å²) in [4.78, 5) is 13.2. The Kier molecular flexibility index (Phi) is 8.55. The molecule has 4 rings (SSSR count). The fourth-order valence-corrected chi connectivity index (χ4v) is 5.57. The summed E-state index contributed by atoms with van der Waals surface area (Å²) in [5, 5.41) is 17.4. The number of carbonyl (C=O) groups excluding carboxylic acids is 1. The predicted octanol–water partition coefficient (Wildman–Crippen LogP) is 5.61. The van der Waals surface area contributed by atoms with Gasteiger partial charge in [-0.05, 0) is 78.6 Å². The molecule has 0 spiro atoms. The number of rotatable bonds is 9. The normalized spacial score (nSPS) is 17.0. The molecule has 2 aromatic carbocycles. The van der Waals surface area contributed by atoms with Crippen LogP contribution >= 0.6 is 22.9 Å². The van der Waals surface area contributed by atoms with Crippen molar-refractivity contribution in [2.45, 2.75) is 57.2 Å². The first-order valence-corrected chi connectivity index (χ1v) is 13.1. The Morgan fingerprint density at radius 3 is 2.60 bits per heavy atom. The molecule has 1 aliphatic rings. The second kappa shape index (κ2) is 11.6. The lowest BCUT2D eigenvalue weighted by atomic mass is 9.86. The van der Waals surface area contributed by atoms with E-state index in [4.69, 9.17) is 11.6 Å². The summed E-state index contributed by atoms with van der Waals surface area (Å²) < 4.78 is 28.1. The second-order valence-corrected chi connectivity index (χ2v) is 10.7. The molecule has 4 nitrogen and oxygen atoms in total. The number of fused-ring (bicyclic) bond motifs is 1. The van der Waals surface area contributed by atoms with Gasteiger partial charge in [0.25, 0.3) is 5.91 Å². The molecule has 3 unspecified atom stereocenters. The molecule has 186 valence electrons. The third-order valence-corrected chi connectivity index (χ3v) is 7.69. The molecule has 3 N–H and O–H groups in total. The topological polar surface area (TPSA) is 61.4 Å². The van der Waals surface area contributed by atoms with Gasteiger partial charge in [0.15, 0.2) is 0 Å². The van der Waals surface area contributed by atoms with Crippen molar-refractivity contribution in [3.8, 4) is 0 Å². The maximum Gasteiger partial charge on any atom is 0.261 e. The number of benzene rings is 2. The zero-order valence-corrected chi connectivity index (χ0v) is 21.1. The van der Waals surface area contributed by atoms with Crippen molar-refractivity contribution >= 4 is 28.8 Å². The van der Waals surface area contributed by atoms with Gasteiger partial charge in [-0.1, -0.05) is 36.7 Å². The maximum absolute atomic E-state index is 13.8. The molecule has 0 radical (unpaired) electrons. The first-order chi connectivity index (χ1) is 16.8. The number of thiophene rings is 1. The largest absolute Gasteiger partial charge is 0.390 e. The van der Waals surface area contributed by atoms with Gasteiger partial charge in [-0.2, -0.15) is 0 Å². The van der Waals surface area contributed by atoms with E-state index in [1.165, 1.54) is 28.8 Å². The lowest BCUT2D eigenvalue weighted by Gasteiger charge is -2.30. The molecule has 1 heterocycles. The van der Waals surface area contributed by atoms with E-state index in [1.807, 2.05) is 0 Å². The summed E-state index contributed by atoms with van der Waals surface area (Å²) in [6.45, 7) is 2.34. The number of aryl methyl sites for hydroxylation is 2. The summed E-state index contributed by atoms with van der Waals surface area (Å²) >= 11 is 7.09. The summed E-state index contributed by atoms with van der Waals surface area (Å²) in [5.74, 6) is -1.79. The molecule has 0 bridgehead atoms. The van der Waals surface area contributed by atoms with E-state index in [9.17, 15) is 18.7 Å². The molecule has 0 aliphatic heterocycles. The molecule has 1 amide bonds. The highest BCUT2D eigenvalue weighted by Crippen LogP contribution is 2.31. The molecule has 0 fully saturated rings. The third kappa shape index (κ3) is 6.67. The second-order valence-electron chi connectivity index (χ2n) is 8.97. The zero-order valence-electron chi connectivity index (χ0n) is 19.5. The lowest BCUT2D eigenvalue weighted by Crippen LogP contribution is -2.49. The summed E-state index contributed by atoms with van der Waals surface area (Å²) in [6, 6.07) is 12.4. The van der Waals surface area contributed by atoms with Gasteiger partial charge >= 0.3 is 0 Å². The molecule has 3 atom stereocenters. The monoisotopic (exact) mass is 518 g/mol. The number of hydrogen-bond acceptors (Lipinski definition) is 4. The Bertz CT molecular complexity index is 1170. The van der Waals surface area contributed by atoms with E-state index >= 15 is 0 Å². The summed E-state index contributed by atoms with van der Waals surface area (Å²) in [5.41, 5.74) is 4.19. The minimum absolute atomic E-state index is 0.0730. The van der Waals surface area contributed by atoms with Crippen LogP contribution in [-0.2, 0) is 19.3 Å². The van der Waals surface area contributed by atoms with Crippen molar-refractivity contribution in [1.29, 1.82) is 0 Å². The lowest BCUT2D eigenvalue weighted by molar-refractivity contribution is 0.0826. The van der Waals surface area contributed by atoms with Gasteiger partial charge in [-0.25, -0.2) is 8.78 Å². The first-order valence-electron chi connectivity index (χ1n) is 11.9. The van der Waals surface area contributed by atoms with Crippen LogP contribution in [0.1, 0.15) is 57.7 Å². The van der Waals surface area contributed by atoms with E-state index in [0.29, 0.717) is 14.8 Å². The number of carbonyl (C=O) groups is 1. The van der Waals surface area contributed by atoms with Crippen molar-refractivity contribution < 1.29 is 18.7 Å². The Hall–Kier alpha value is -2.32. The quantitative estimate of drug-likeness (QED) is 0.345. The van der Waals surface area contributed by atoms with Crippen LogP contribution in [0.4, 0.5) is 8.78 Å². The van der Waals surface area contributed by atoms with Crippen molar-refractivity contribution in [2.24, 2.45) is 0 Å². The van der Waals surface area contributed by atoms with Crippen LogP contribution in [0.25, 0.3) is 0 Å². The molecule has 0 saturated carbocycles. The van der Waals surface area contributed by atoms with Crippen LogP contribution in [0, 0.1) is 11.6 Å². The molecule has 1 aliphatic carbocycles. The van der Waals surface area contributed by atoms with Gasteiger partial charge in [0.05, 0.1) is 21.4 Å². The van der Waals surface area contributed by atoms with Crippen molar-refractivity contribution in [3.05, 3.63) is 91.6 Å². The van der Waals surface area contributed by atoms with Gasteiger partial charge in [0, 0.05) is 18.7 Å². The molecule has 3 aromatic rings. The van der Waals surface area contributed by atoms with E-state index in [2.05, 4.69) is 35.8 Å². The number of aliphatic hydroxyl groups is 1. The Morgan fingerprint density at radius 2 is 1.91 bits per heavy atom. The number of aliphatic hydroxyl groups excluding tert-OH is 1. The molecular weight excluding hydrogens is 490 g/mol. The molecule has 35 heavy (non-hydrogen) atoms. The van der Waals surface area contributed by atoms with Crippen LogP contribution in [0.5, 0.6) is 0 Å².